The lowest BCUT2D eigenvalue weighted by Gasteiger charge is -2.47. The molecule has 7 nitrogen and oxygen atoms in total. The van der Waals surface area contributed by atoms with E-state index in [0.717, 1.165) is 18.9 Å². The molecule has 3 N–H and O–H groups in total. The van der Waals surface area contributed by atoms with E-state index in [9.17, 15) is 27.9 Å². The molecule has 2 saturated heterocycles. The van der Waals surface area contributed by atoms with Gasteiger partial charge in [0.1, 0.15) is 17.6 Å². The molecule has 3 fully saturated rings. The standard InChI is InChI=1S/C30H35F4N3O4/c31-25-14-21(28(40)37-16-22(38)15-26(37)27(35)39)4-7-24(25)20-2-5-23(6-3-20)41-17-19-8-12-36(13-9-19)18-29(10-1-11-29)30(32,33)34/h2-7,14,19,22,26,38H,1,8-13,15-18H2,(H2,35,39). The van der Waals surface area contributed by atoms with Crippen LogP contribution >= 0.6 is 0 Å². The minimum absolute atomic E-state index is 0.0465. The van der Waals surface area contributed by atoms with Crippen molar-refractivity contribution in [2.75, 3.05) is 32.8 Å². The van der Waals surface area contributed by atoms with E-state index in [1.807, 2.05) is 4.90 Å². The second-order valence-corrected chi connectivity index (χ2v) is 11.6. The lowest BCUT2D eigenvalue weighted by atomic mass is 9.67. The van der Waals surface area contributed by atoms with E-state index in [4.69, 9.17) is 10.5 Å². The summed E-state index contributed by atoms with van der Waals surface area (Å²) in [6.45, 7) is 1.76. The Bertz CT molecular complexity index is 1260. The van der Waals surface area contributed by atoms with E-state index in [1.165, 1.54) is 17.0 Å². The van der Waals surface area contributed by atoms with Crippen LogP contribution < -0.4 is 10.5 Å². The Hall–Kier alpha value is -3.18. The van der Waals surface area contributed by atoms with Crippen molar-refractivity contribution in [2.45, 2.75) is 56.8 Å². The van der Waals surface area contributed by atoms with E-state index >= 15 is 4.39 Å². The number of amides is 2. The van der Waals surface area contributed by atoms with Crippen LogP contribution in [0.3, 0.4) is 0 Å². The second kappa shape index (κ2) is 11.6. The Kier molecular flexibility index (Phi) is 8.29. The van der Waals surface area contributed by atoms with Crippen molar-refractivity contribution < 1.29 is 37.0 Å². The van der Waals surface area contributed by atoms with Gasteiger partial charge >= 0.3 is 6.18 Å². The number of aliphatic hydroxyl groups excluding tert-OH is 1. The first kappa shape index (κ1) is 29.3. The van der Waals surface area contributed by atoms with Gasteiger partial charge in [-0.15, -0.1) is 0 Å². The van der Waals surface area contributed by atoms with Crippen LogP contribution in [-0.2, 0) is 4.79 Å². The maximum Gasteiger partial charge on any atom is 0.395 e. The number of piperidine rings is 1. The summed E-state index contributed by atoms with van der Waals surface area (Å²) in [5.74, 6) is -1.04. The number of hydrogen-bond acceptors (Lipinski definition) is 5. The van der Waals surface area contributed by atoms with Gasteiger partial charge < -0.3 is 25.4 Å². The van der Waals surface area contributed by atoms with E-state index in [0.29, 0.717) is 37.4 Å². The number of nitrogens with zero attached hydrogens (tertiary/aromatic N) is 2. The molecular formula is C30H35F4N3O4. The SMILES string of the molecule is NC(=O)C1CC(O)CN1C(=O)c1ccc(-c2ccc(OCC3CCN(CC4(C(F)(F)F)CCC4)CC3)cc2)c(F)c1. The van der Waals surface area contributed by atoms with Gasteiger partial charge in [0.15, 0.2) is 0 Å². The molecule has 11 heteroatoms. The molecule has 0 spiro atoms. The van der Waals surface area contributed by atoms with Crippen molar-refractivity contribution in [3.05, 3.63) is 53.8 Å². The average Bonchev–Trinajstić information content (AvgIpc) is 3.31. The largest absolute Gasteiger partial charge is 0.493 e. The smallest absolute Gasteiger partial charge is 0.395 e. The van der Waals surface area contributed by atoms with Crippen LogP contribution in [-0.4, -0.2) is 77.8 Å². The Labute approximate surface area is 236 Å². The summed E-state index contributed by atoms with van der Waals surface area (Å²) in [5.41, 5.74) is 4.75. The van der Waals surface area contributed by atoms with Crippen molar-refractivity contribution in [3.63, 3.8) is 0 Å². The molecule has 0 aromatic heterocycles. The fourth-order valence-electron chi connectivity index (χ4n) is 6.17. The molecule has 2 aliphatic heterocycles. The van der Waals surface area contributed by atoms with Gasteiger partial charge in [-0.2, -0.15) is 13.2 Å². The topological polar surface area (TPSA) is 96.1 Å². The Balaban J connectivity index is 1.13. The minimum atomic E-state index is -4.15. The van der Waals surface area contributed by atoms with Crippen molar-refractivity contribution in [1.82, 2.24) is 9.80 Å². The summed E-state index contributed by atoms with van der Waals surface area (Å²) in [6.07, 6.45) is -2.31. The number of β-amino-alcohol motifs (C(OH)–C–C–N with tert-alkyl or cyclic N) is 1. The first-order valence-electron chi connectivity index (χ1n) is 14.1. The van der Waals surface area contributed by atoms with Gasteiger partial charge in [0.25, 0.3) is 5.91 Å². The van der Waals surface area contributed by atoms with E-state index in [2.05, 4.69) is 0 Å². The van der Waals surface area contributed by atoms with Crippen LogP contribution in [0.5, 0.6) is 5.75 Å². The number of hydrogen-bond donors (Lipinski definition) is 2. The average molecular weight is 578 g/mol. The zero-order chi connectivity index (χ0) is 29.4. The van der Waals surface area contributed by atoms with Crippen molar-refractivity contribution in [3.8, 4) is 16.9 Å². The maximum atomic E-state index is 15.0. The molecule has 2 unspecified atom stereocenters. The van der Waals surface area contributed by atoms with Crippen molar-refractivity contribution >= 4 is 11.8 Å². The van der Waals surface area contributed by atoms with Crippen LogP contribution in [0, 0.1) is 17.2 Å². The first-order chi connectivity index (χ1) is 19.5. The number of aliphatic hydroxyl groups is 1. The number of alkyl halides is 3. The predicted octanol–water partition coefficient (Wildman–Crippen LogP) is 4.38. The maximum absolute atomic E-state index is 15.0. The van der Waals surface area contributed by atoms with Gasteiger partial charge in [0.05, 0.1) is 18.1 Å². The Morgan fingerprint density at radius 1 is 1.07 bits per heavy atom. The third-order valence-corrected chi connectivity index (χ3v) is 8.88. The summed E-state index contributed by atoms with van der Waals surface area (Å²) in [6, 6.07) is 10.0. The molecule has 2 aromatic rings. The van der Waals surface area contributed by atoms with Gasteiger partial charge in [0.2, 0.25) is 5.91 Å². The summed E-state index contributed by atoms with van der Waals surface area (Å²) in [4.78, 5) is 27.6. The highest BCUT2D eigenvalue weighted by atomic mass is 19.4. The van der Waals surface area contributed by atoms with E-state index < -0.39 is 41.4 Å². The fourth-order valence-corrected chi connectivity index (χ4v) is 6.17. The number of likely N-dealkylation sites (tertiary alicyclic amines) is 2. The number of rotatable bonds is 8. The number of ether oxygens (including phenoxy) is 1. The lowest BCUT2D eigenvalue weighted by Crippen LogP contribution is -2.53. The second-order valence-electron chi connectivity index (χ2n) is 11.6. The highest BCUT2D eigenvalue weighted by molar-refractivity contribution is 5.98. The molecular weight excluding hydrogens is 542 g/mol. The summed E-state index contributed by atoms with van der Waals surface area (Å²) in [5, 5.41) is 9.86. The summed E-state index contributed by atoms with van der Waals surface area (Å²) in [7, 11) is 0. The van der Waals surface area contributed by atoms with Gasteiger partial charge in [0, 0.05) is 30.6 Å². The zero-order valence-electron chi connectivity index (χ0n) is 22.7. The molecule has 2 atom stereocenters. The number of carbonyl (C=O) groups is 2. The van der Waals surface area contributed by atoms with Crippen molar-refractivity contribution in [1.29, 1.82) is 0 Å². The van der Waals surface area contributed by atoms with Crippen LogP contribution in [0.4, 0.5) is 17.6 Å². The number of benzene rings is 2. The number of primary amides is 1. The number of carbonyl (C=O) groups excluding carboxylic acids is 2. The lowest BCUT2D eigenvalue weighted by molar-refractivity contribution is -0.256. The normalized spacial score (nSPS) is 23.3. The molecule has 0 bridgehead atoms. The van der Waals surface area contributed by atoms with Gasteiger partial charge in [-0.05, 0) is 74.5 Å². The predicted molar refractivity (Wildman–Crippen MR) is 143 cm³/mol. The fraction of sp³-hybridized carbons (Fsp3) is 0.533. The quantitative estimate of drug-likeness (QED) is 0.455. The Morgan fingerprint density at radius 2 is 1.76 bits per heavy atom. The Morgan fingerprint density at radius 3 is 2.32 bits per heavy atom. The van der Waals surface area contributed by atoms with Gasteiger partial charge in [-0.3, -0.25) is 9.59 Å². The molecule has 222 valence electrons. The molecule has 2 amide bonds. The minimum Gasteiger partial charge on any atom is -0.493 e. The van der Waals surface area contributed by atoms with E-state index in [1.54, 1.807) is 24.3 Å². The molecule has 0 radical (unpaired) electrons. The van der Waals surface area contributed by atoms with E-state index in [-0.39, 0.29) is 49.4 Å². The van der Waals surface area contributed by atoms with Gasteiger partial charge in [-0.25, -0.2) is 4.39 Å². The molecule has 3 aliphatic rings. The highest BCUT2D eigenvalue weighted by Gasteiger charge is 2.58. The number of nitrogens with two attached hydrogens (primary N) is 1. The molecule has 2 heterocycles. The van der Waals surface area contributed by atoms with Crippen LogP contribution in [0.1, 0.15) is 48.9 Å². The third-order valence-electron chi connectivity index (χ3n) is 8.88. The van der Waals surface area contributed by atoms with Crippen LogP contribution in [0.25, 0.3) is 11.1 Å². The summed E-state index contributed by atoms with van der Waals surface area (Å²) < 4.78 is 61.5. The molecule has 1 saturated carbocycles. The highest BCUT2D eigenvalue weighted by Crippen LogP contribution is 2.53. The van der Waals surface area contributed by atoms with Crippen LogP contribution in [0.2, 0.25) is 0 Å². The monoisotopic (exact) mass is 577 g/mol. The van der Waals surface area contributed by atoms with Gasteiger partial charge in [-0.1, -0.05) is 24.6 Å². The molecule has 1 aliphatic carbocycles. The van der Waals surface area contributed by atoms with Crippen LogP contribution in [0.15, 0.2) is 42.5 Å². The zero-order valence-corrected chi connectivity index (χ0v) is 22.7. The number of halogens is 4. The molecule has 5 rings (SSSR count). The molecule has 41 heavy (non-hydrogen) atoms. The molecule has 2 aromatic carbocycles. The first-order valence-corrected chi connectivity index (χ1v) is 14.1. The summed E-state index contributed by atoms with van der Waals surface area (Å²) >= 11 is 0. The van der Waals surface area contributed by atoms with Crippen molar-refractivity contribution in [2.24, 2.45) is 17.1 Å². The third kappa shape index (κ3) is 6.21.